The number of hydrogen-bond donors (Lipinski definition) is 0. The van der Waals surface area contributed by atoms with Gasteiger partial charge in [-0.15, -0.1) is 0 Å². The van der Waals surface area contributed by atoms with Crippen molar-refractivity contribution in [2.45, 2.75) is 13.8 Å². The van der Waals surface area contributed by atoms with Crippen molar-refractivity contribution in [1.29, 1.82) is 0 Å². The van der Waals surface area contributed by atoms with Gasteiger partial charge in [0.05, 0.1) is 5.52 Å². The molecule has 0 unspecified atom stereocenters. The van der Waals surface area contributed by atoms with E-state index in [0.29, 0.717) is 5.02 Å². The molecule has 4 aromatic rings. The van der Waals surface area contributed by atoms with Crippen LogP contribution in [0, 0.1) is 13.8 Å². The summed E-state index contributed by atoms with van der Waals surface area (Å²) < 4.78 is 0. The van der Waals surface area contributed by atoms with Crippen LogP contribution in [0.4, 0.5) is 0 Å². The molecule has 0 spiro atoms. The van der Waals surface area contributed by atoms with Gasteiger partial charge in [-0.05, 0) is 66.1 Å². The van der Waals surface area contributed by atoms with Gasteiger partial charge in [-0.3, -0.25) is 0 Å². The quantitative estimate of drug-likeness (QED) is 0.371. The van der Waals surface area contributed by atoms with Crippen LogP contribution in [0.25, 0.3) is 32.8 Å². The molecule has 0 aliphatic heterocycles. The Hall–Kier alpha value is -2.16. The van der Waals surface area contributed by atoms with Crippen LogP contribution in [-0.2, 0) is 0 Å². The van der Waals surface area contributed by atoms with Gasteiger partial charge in [-0.25, -0.2) is 9.97 Å². The molecule has 2 nitrogen and oxygen atoms in total. The largest absolute Gasteiger partial charge is 0.238 e. The molecule has 0 amide bonds. The molecule has 1 heterocycles. The molecular weight excluding hydrogens is 339 g/mol. The van der Waals surface area contributed by atoms with E-state index in [0.717, 1.165) is 49.3 Å². The van der Waals surface area contributed by atoms with E-state index in [4.69, 9.17) is 23.2 Å². The SMILES string of the molecule is Cc1nc(C)c2c(cc(-c3ccc(Cl)cc3)c3cc(Cl)ccc32)n1. The highest BCUT2D eigenvalue weighted by Crippen LogP contribution is 2.36. The molecule has 0 aliphatic carbocycles. The summed E-state index contributed by atoms with van der Waals surface area (Å²) in [7, 11) is 0. The van der Waals surface area contributed by atoms with Crippen LogP contribution in [0.1, 0.15) is 11.5 Å². The Morgan fingerprint density at radius 3 is 2.21 bits per heavy atom. The van der Waals surface area contributed by atoms with Crippen molar-refractivity contribution in [3.05, 3.63) is 70.1 Å². The average molecular weight is 353 g/mol. The lowest BCUT2D eigenvalue weighted by Crippen LogP contribution is -1.95. The third kappa shape index (κ3) is 2.52. The Balaban J connectivity index is 2.18. The van der Waals surface area contributed by atoms with E-state index in [-0.39, 0.29) is 0 Å². The van der Waals surface area contributed by atoms with Gasteiger partial charge in [-0.2, -0.15) is 0 Å². The predicted molar refractivity (Wildman–Crippen MR) is 102 cm³/mol. The number of aromatic nitrogens is 2. The Morgan fingerprint density at radius 2 is 1.46 bits per heavy atom. The first-order chi connectivity index (χ1) is 11.5. The van der Waals surface area contributed by atoms with Gasteiger partial charge in [0, 0.05) is 21.1 Å². The van der Waals surface area contributed by atoms with Gasteiger partial charge < -0.3 is 0 Å². The minimum absolute atomic E-state index is 0.711. The minimum Gasteiger partial charge on any atom is -0.238 e. The van der Waals surface area contributed by atoms with Gasteiger partial charge in [0.25, 0.3) is 0 Å². The summed E-state index contributed by atoms with van der Waals surface area (Å²) in [4.78, 5) is 9.17. The van der Waals surface area contributed by atoms with Crippen molar-refractivity contribution in [3.63, 3.8) is 0 Å². The van der Waals surface area contributed by atoms with Gasteiger partial charge in [0.15, 0.2) is 0 Å². The van der Waals surface area contributed by atoms with Crippen molar-refractivity contribution in [2.75, 3.05) is 0 Å². The van der Waals surface area contributed by atoms with E-state index in [2.05, 4.69) is 16.0 Å². The highest BCUT2D eigenvalue weighted by molar-refractivity contribution is 6.32. The van der Waals surface area contributed by atoms with E-state index in [1.165, 1.54) is 0 Å². The van der Waals surface area contributed by atoms with Crippen molar-refractivity contribution in [1.82, 2.24) is 9.97 Å². The van der Waals surface area contributed by atoms with Gasteiger partial charge in [0.2, 0.25) is 0 Å². The Bertz CT molecular complexity index is 1090. The molecule has 0 bridgehead atoms. The topological polar surface area (TPSA) is 25.8 Å². The van der Waals surface area contributed by atoms with Crippen LogP contribution in [0.2, 0.25) is 10.0 Å². The van der Waals surface area contributed by atoms with E-state index in [9.17, 15) is 0 Å². The molecular formula is C20H14Cl2N2. The van der Waals surface area contributed by atoms with Crippen LogP contribution < -0.4 is 0 Å². The highest BCUT2D eigenvalue weighted by atomic mass is 35.5. The van der Waals surface area contributed by atoms with Crippen molar-refractivity contribution in [2.24, 2.45) is 0 Å². The molecule has 0 atom stereocenters. The first kappa shape index (κ1) is 15.4. The number of nitrogens with zero attached hydrogens (tertiary/aromatic N) is 2. The maximum absolute atomic E-state index is 6.27. The normalized spacial score (nSPS) is 11.3. The molecule has 0 saturated heterocycles. The highest BCUT2D eigenvalue weighted by Gasteiger charge is 2.13. The Morgan fingerprint density at radius 1 is 0.750 bits per heavy atom. The maximum Gasteiger partial charge on any atom is 0.126 e. The van der Waals surface area contributed by atoms with Crippen LogP contribution in [0.3, 0.4) is 0 Å². The second-order valence-electron chi connectivity index (χ2n) is 5.87. The van der Waals surface area contributed by atoms with Crippen LogP contribution >= 0.6 is 23.2 Å². The molecule has 4 heteroatoms. The van der Waals surface area contributed by atoms with E-state index >= 15 is 0 Å². The van der Waals surface area contributed by atoms with Gasteiger partial charge in [0.1, 0.15) is 5.82 Å². The molecule has 0 saturated carbocycles. The summed E-state index contributed by atoms with van der Waals surface area (Å²) in [5, 5.41) is 4.70. The Kier molecular flexibility index (Phi) is 3.67. The summed E-state index contributed by atoms with van der Waals surface area (Å²) >= 11 is 12.3. The standard InChI is InChI=1S/C20H14Cl2N2/c1-11-20-16-8-7-15(22)9-18(16)17(10-19(20)24-12(2)23-11)13-3-5-14(21)6-4-13/h3-10H,1-2H3. The summed E-state index contributed by atoms with van der Waals surface area (Å²) in [6.45, 7) is 3.94. The van der Waals surface area contributed by atoms with Crippen LogP contribution in [0.5, 0.6) is 0 Å². The fourth-order valence-corrected chi connectivity index (χ4v) is 3.51. The third-order valence-electron chi connectivity index (χ3n) is 4.21. The predicted octanol–water partition coefficient (Wildman–Crippen LogP) is 6.37. The number of benzene rings is 3. The molecule has 1 aromatic heterocycles. The summed E-state index contributed by atoms with van der Waals surface area (Å²) in [5.41, 5.74) is 4.10. The van der Waals surface area contributed by atoms with Crippen molar-refractivity contribution >= 4 is 44.9 Å². The molecule has 3 aromatic carbocycles. The second kappa shape index (κ2) is 5.73. The lowest BCUT2D eigenvalue weighted by atomic mass is 9.94. The minimum atomic E-state index is 0.711. The first-order valence-electron chi connectivity index (χ1n) is 7.66. The molecule has 0 radical (unpaired) electrons. The average Bonchev–Trinajstić information content (AvgIpc) is 2.54. The molecule has 118 valence electrons. The Labute approximate surface area is 150 Å². The molecule has 4 rings (SSSR count). The monoisotopic (exact) mass is 352 g/mol. The summed E-state index contributed by atoms with van der Waals surface area (Å²) in [6, 6.07) is 15.9. The second-order valence-corrected chi connectivity index (χ2v) is 6.74. The van der Waals surface area contributed by atoms with E-state index < -0.39 is 0 Å². The van der Waals surface area contributed by atoms with Crippen molar-refractivity contribution < 1.29 is 0 Å². The van der Waals surface area contributed by atoms with E-state index in [1.54, 1.807) is 0 Å². The zero-order valence-corrected chi connectivity index (χ0v) is 14.8. The molecule has 24 heavy (non-hydrogen) atoms. The molecule has 0 N–H and O–H groups in total. The van der Waals surface area contributed by atoms with Crippen LogP contribution in [0.15, 0.2) is 48.5 Å². The fraction of sp³-hybridized carbons (Fsp3) is 0.100. The third-order valence-corrected chi connectivity index (χ3v) is 4.69. The zero-order chi connectivity index (χ0) is 16.8. The number of hydrogen-bond acceptors (Lipinski definition) is 2. The summed E-state index contributed by atoms with van der Waals surface area (Å²) in [6.07, 6.45) is 0. The molecule has 0 fully saturated rings. The number of halogens is 2. The maximum atomic E-state index is 6.27. The first-order valence-corrected chi connectivity index (χ1v) is 8.42. The lowest BCUT2D eigenvalue weighted by Gasteiger charge is -2.13. The van der Waals surface area contributed by atoms with Gasteiger partial charge in [-0.1, -0.05) is 41.4 Å². The molecule has 0 aliphatic rings. The van der Waals surface area contributed by atoms with E-state index in [1.807, 2.05) is 56.3 Å². The zero-order valence-electron chi connectivity index (χ0n) is 13.3. The number of aryl methyl sites for hydroxylation is 2. The lowest BCUT2D eigenvalue weighted by molar-refractivity contribution is 1.05. The smallest absolute Gasteiger partial charge is 0.126 e. The number of fused-ring (bicyclic) bond motifs is 3. The van der Waals surface area contributed by atoms with Gasteiger partial charge >= 0.3 is 0 Å². The number of rotatable bonds is 1. The fourth-order valence-electron chi connectivity index (χ4n) is 3.22. The van der Waals surface area contributed by atoms with Crippen molar-refractivity contribution in [3.8, 4) is 11.1 Å². The van der Waals surface area contributed by atoms with Crippen LogP contribution in [-0.4, -0.2) is 9.97 Å². The summed E-state index contributed by atoms with van der Waals surface area (Å²) in [5.74, 6) is 0.773.